The maximum Gasteiger partial charge on any atom is 0.224 e. The number of carbonyl (C=O) groups excluding carboxylic acids is 1. The van der Waals surface area contributed by atoms with Crippen LogP contribution in [0.2, 0.25) is 0 Å². The lowest BCUT2D eigenvalue weighted by atomic mass is 10.1. The molecule has 6 nitrogen and oxygen atoms in total. The number of anilines is 1. The lowest BCUT2D eigenvalue weighted by Gasteiger charge is -2.08. The van der Waals surface area contributed by atoms with Crippen molar-refractivity contribution in [3.05, 3.63) is 72.3 Å². The lowest BCUT2D eigenvalue weighted by Crippen LogP contribution is -2.11. The average Bonchev–Trinajstić information content (AvgIpc) is 2.68. The first-order chi connectivity index (χ1) is 13.4. The van der Waals surface area contributed by atoms with E-state index in [0.29, 0.717) is 17.8 Å². The Morgan fingerprint density at radius 2 is 1.75 bits per heavy atom. The van der Waals surface area contributed by atoms with Crippen LogP contribution >= 0.6 is 0 Å². The van der Waals surface area contributed by atoms with E-state index in [1.165, 1.54) is 11.6 Å². The number of sulfone groups is 1. The predicted octanol–water partition coefficient (Wildman–Crippen LogP) is 3.51. The van der Waals surface area contributed by atoms with Gasteiger partial charge in [-0.05, 0) is 42.7 Å². The highest BCUT2D eigenvalue weighted by atomic mass is 32.2. The summed E-state index contributed by atoms with van der Waals surface area (Å²) in [6.07, 6.45) is 3.15. The van der Waals surface area contributed by atoms with Gasteiger partial charge in [0.15, 0.2) is 14.9 Å². The molecule has 7 heteroatoms. The third-order valence-corrected chi connectivity index (χ3v) is 5.15. The van der Waals surface area contributed by atoms with Crippen molar-refractivity contribution in [2.45, 2.75) is 24.3 Å². The Bertz CT molecular complexity index is 1050. The van der Waals surface area contributed by atoms with E-state index >= 15 is 0 Å². The van der Waals surface area contributed by atoms with Gasteiger partial charge in [0.05, 0.1) is 5.69 Å². The Morgan fingerprint density at radius 1 is 0.964 bits per heavy atom. The second kappa shape index (κ2) is 8.75. The molecule has 0 bridgehead atoms. The van der Waals surface area contributed by atoms with Gasteiger partial charge < -0.3 is 5.32 Å². The van der Waals surface area contributed by atoms with E-state index < -0.39 is 9.84 Å². The first-order valence-corrected chi connectivity index (χ1v) is 10.8. The zero-order chi connectivity index (χ0) is 20.0. The fourth-order valence-corrected chi connectivity index (χ4v) is 3.25. The van der Waals surface area contributed by atoms with Crippen LogP contribution in [0.5, 0.6) is 0 Å². The molecule has 0 aliphatic carbocycles. The third kappa shape index (κ3) is 5.47. The summed E-state index contributed by atoms with van der Waals surface area (Å²) >= 11 is 0. The van der Waals surface area contributed by atoms with Gasteiger partial charge in [0, 0.05) is 23.9 Å². The van der Waals surface area contributed by atoms with E-state index in [2.05, 4.69) is 27.6 Å². The van der Waals surface area contributed by atoms with Gasteiger partial charge in [-0.3, -0.25) is 4.79 Å². The smallest absolute Gasteiger partial charge is 0.224 e. The molecule has 28 heavy (non-hydrogen) atoms. The highest BCUT2D eigenvalue weighted by Gasteiger charge is 2.10. The van der Waals surface area contributed by atoms with Crippen molar-refractivity contribution in [1.82, 2.24) is 10.2 Å². The van der Waals surface area contributed by atoms with E-state index in [9.17, 15) is 13.2 Å². The van der Waals surface area contributed by atoms with Crippen LogP contribution in [0, 0.1) is 0 Å². The first kappa shape index (κ1) is 19.7. The van der Waals surface area contributed by atoms with Gasteiger partial charge in [-0.25, -0.2) is 8.42 Å². The number of hydrogen-bond donors (Lipinski definition) is 1. The monoisotopic (exact) mass is 395 g/mol. The molecule has 1 amide bonds. The summed E-state index contributed by atoms with van der Waals surface area (Å²) in [4.78, 5) is 12.2. The van der Waals surface area contributed by atoms with E-state index in [0.717, 1.165) is 24.7 Å². The van der Waals surface area contributed by atoms with Crippen LogP contribution in [0.1, 0.15) is 18.4 Å². The molecule has 0 fully saturated rings. The number of aryl methyl sites for hydroxylation is 1. The number of rotatable bonds is 7. The Balaban J connectivity index is 1.60. The molecule has 0 radical (unpaired) electrons. The van der Waals surface area contributed by atoms with Gasteiger partial charge in [-0.15, -0.1) is 10.2 Å². The van der Waals surface area contributed by atoms with E-state index in [1.807, 2.05) is 24.3 Å². The Hall–Kier alpha value is -3.06. The maximum absolute atomic E-state index is 12.2. The number of hydrogen-bond acceptors (Lipinski definition) is 5. The van der Waals surface area contributed by atoms with Crippen molar-refractivity contribution >= 4 is 21.4 Å². The third-order valence-electron chi connectivity index (χ3n) is 4.17. The van der Waals surface area contributed by atoms with Crippen LogP contribution in [-0.2, 0) is 21.1 Å². The molecule has 1 aromatic heterocycles. The molecule has 0 saturated heterocycles. The minimum atomic E-state index is -3.39. The van der Waals surface area contributed by atoms with E-state index in [-0.39, 0.29) is 10.9 Å². The van der Waals surface area contributed by atoms with E-state index in [1.54, 1.807) is 24.3 Å². The first-order valence-electron chi connectivity index (χ1n) is 8.90. The molecule has 3 aromatic rings. The van der Waals surface area contributed by atoms with Crippen molar-refractivity contribution in [1.29, 1.82) is 0 Å². The minimum absolute atomic E-state index is 0.0495. The second-order valence-electron chi connectivity index (χ2n) is 6.50. The number of nitrogens with zero attached hydrogens (tertiary/aromatic N) is 2. The summed E-state index contributed by atoms with van der Waals surface area (Å²) in [5.74, 6) is -0.0495. The number of nitrogens with one attached hydrogen (secondary N) is 1. The van der Waals surface area contributed by atoms with Crippen molar-refractivity contribution in [2.75, 3.05) is 11.6 Å². The summed E-state index contributed by atoms with van der Waals surface area (Å²) in [6, 6.07) is 20.3. The molecule has 0 unspecified atom stereocenters. The quantitative estimate of drug-likeness (QED) is 0.661. The second-order valence-corrected chi connectivity index (χ2v) is 8.46. The van der Waals surface area contributed by atoms with Gasteiger partial charge in [-0.1, -0.05) is 42.5 Å². The molecule has 1 heterocycles. The Labute approximate surface area is 164 Å². The largest absolute Gasteiger partial charge is 0.326 e. The zero-order valence-electron chi connectivity index (χ0n) is 15.5. The molecule has 0 aliphatic heterocycles. The summed E-state index contributed by atoms with van der Waals surface area (Å²) in [5, 5.41) is 10.6. The number of aromatic nitrogens is 2. The standard InChI is InChI=1S/C21H21N3O3S/c1-28(26,27)21-14-13-19(23-24-21)17-10-6-11-18(15-17)22-20(25)12-5-9-16-7-3-2-4-8-16/h2-4,6-8,10-11,13-15H,5,9,12H2,1H3,(H,22,25). The molecule has 144 valence electrons. The fourth-order valence-electron chi connectivity index (χ4n) is 2.75. The predicted molar refractivity (Wildman–Crippen MR) is 109 cm³/mol. The van der Waals surface area contributed by atoms with Crippen molar-refractivity contribution in [3.8, 4) is 11.3 Å². The van der Waals surface area contributed by atoms with Gasteiger partial charge in [0.2, 0.25) is 5.91 Å². The van der Waals surface area contributed by atoms with E-state index in [4.69, 9.17) is 0 Å². The fraction of sp³-hybridized carbons (Fsp3) is 0.190. The summed E-state index contributed by atoms with van der Waals surface area (Å²) in [5.41, 5.74) is 3.16. The zero-order valence-corrected chi connectivity index (χ0v) is 16.3. The number of amides is 1. The Kier molecular flexibility index (Phi) is 6.16. The molecular weight excluding hydrogens is 374 g/mol. The lowest BCUT2D eigenvalue weighted by molar-refractivity contribution is -0.116. The SMILES string of the molecule is CS(=O)(=O)c1ccc(-c2cccc(NC(=O)CCCc3ccccc3)c2)nn1. The molecule has 0 spiro atoms. The highest BCUT2D eigenvalue weighted by molar-refractivity contribution is 7.90. The Morgan fingerprint density at radius 3 is 2.43 bits per heavy atom. The van der Waals surface area contributed by atoms with Gasteiger partial charge in [0.25, 0.3) is 0 Å². The topological polar surface area (TPSA) is 89.0 Å². The maximum atomic E-state index is 12.2. The van der Waals surface area contributed by atoms with Gasteiger partial charge in [0.1, 0.15) is 0 Å². The summed E-state index contributed by atoms with van der Waals surface area (Å²) in [6.45, 7) is 0. The number of benzene rings is 2. The molecule has 0 saturated carbocycles. The minimum Gasteiger partial charge on any atom is -0.326 e. The number of carbonyl (C=O) groups is 1. The molecular formula is C21H21N3O3S. The van der Waals surface area contributed by atoms with Crippen LogP contribution in [0.15, 0.2) is 71.8 Å². The molecule has 1 N–H and O–H groups in total. The molecule has 0 atom stereocenters. The van der Waals surface area contributed by atoms with Crippen LogP contribution in [0.3, 0.4) is 0 Å². The van der Waals surface area contributed by atoms with Gasteiger partial charge in [-0.2, -0.15) is 0 Å². The van der Waals surface area contributed by atoms with Crippen molar-refractivity contribution in [3.63, 3.8) is 0 Å². The van der Waals surface area contributed by atoms with Crippen molar-refractivity contribution in [2.24, 2.45) is 0 Å². The molecule has 2 aromatic carbocycles. The molecule has 3 rings (SSSR count). The average molecular weight is 395 g/mol. The summed E-state index contributed by atoms with van der Waals surface area (Å²) < 4.78 is 23.0. The van der Waals surface area contributed by atoms with Gasteiger partial charge >= 0.3 is 0 Å². The summed E-state index contributed by atoms with van der Waals surface area (Å²) in [7, 11) is -3.39. The molecule has 0 aliphatic rings. The highest BCUT2D eigenvalue weighted by Crippen LogP contribution is 2.21. The normalized spacial score (nSPS) is 11.2. The van der Waals surface area contributed by atoms with Crippen LogP contribution in [0.4, 0.5) is 5.69 Å². The van der Waals surface area contributed by atoms with Crippen LogP contribution < -0.4 is 5.32 Å². The van der Waals surface area contributed by atoms with Crippen LogP contribution in [-0.4, -0.2) is 30.8 Å². The van der Waals surface area contributed by atoms with Crippen molar-refractivity contribution < 1.29 is 13.2 Å². The van der Waals surface area contributed by atoms with Crippen LogP contribution in [0.25, 0.3) is 11.3 Å².